The minimum atomic E-state index is -0.944. The van der Waals surface area contributed by atoms with Gasteiger partial charge in [-0.25, -0.2) is 0 Å². The van der Waals surface area contributed by atoms with Gasteiger partial charge in [0.1, 0.15) is 0 Å². The van der Waals surface area contributed by atoms with Gasteiger partial charge in [0.15, 0.2) is 0 Å². The Morgan fingerprint density at radius 2 is 1.08 bits per heavy atom. The molecule has 4 rings (SSSR count). The van der Waals surface area contributed by atoms with Gasteiger partial charge in [-0.3, -0.25) is 0 Å². The van der Waals surface area contributed by atoms with E-state index in [1.807, 2.05) is 48.5 Å². The fraction of sp³-hybridized carbons (Fsp3) is 0.300. The predicted molar refractivity (Wildman–Crippen MR) is 85.0 cm³/mol. The molecule has 2 aromatic rings. The van der Waals surface area contributed by atoms with Crippen LogP contribution in [0.2, 0.25) is 0 Å². The van der Waals surface area contributed by atoms with Crippen LogP contribution in [-0.2, 0) is 41.9 Å². The summed E-state index contributed by atoms with van der Waals surface area (Å²) in [5.74, 6) is -2.64. The maximum atomic E-state index is 10.7. The Morgan fingerprint density at radius 3 is 1.44 bits per heavy atom. The number of carbonyl (C=O) groups excluding carboxylic acids is 2. The summed E-state index contributed by atoms with van der Waals surface area (Å²) in [4.78, 5) is 21.3. The van der Waals surface area contributed by atoms with Crippen molar-refractivity contribution in [2.24, 2.45) is 0 Å². The summed E-state index contributed by atoms with van der Waals surface area (Å²) in [5.41, 5.74) is 4.20. The van der Waals surface area contributed by atoms with Crippen LogP contribution in [0.1, 0.15) is 46.9 Å². The molecule has 0 saturated heterocycles. The summed E-state index contributed by atoms with van der Waals surface area (Å²) < 4.78 is 0. The van der Waals surface area contributed by atoms with E-state index in [-0.39, 0.29) is 31.3 Å². The van der Waals surface area contributed by atoms with Crippen molar-refractivity contribution in [3.05, 3.63) is 70.8 Å². The third kappa shape index (κ3) is 4.16. The Balaban J connectivity index is 0.000000173. The molecule has 2 unspecified atom stereocenters. The van der Waals surface area contributed by atoms with E-state index in [2.05, 4.69) is 0 Å². The number of carboxylic acids is 2. The molecular formula is C20H18O4Zn. The normalized spacial score (nSPS) is 19.7. The maximum absolute atomic E-state index is 10.7. The van der Waals surface area contributed by atoms with E-state index >= 15 is 0 Å². The molecule has 2 aromatic carbocycles. The molecular weight excluding hydrogens is 370 g/mol. The maximum Gasteiger partial charge on any atom is 2.00 e. The molecule has 0 heterocycles. The molecule has 0 fully saturated rings. The monoisotopic (exact) mass is 386 g/mol. The fourth-order valence-corrected chi connectivity index (χ4v) is 3.60. The summed E-state index contributed by atoms with van der Waals surface area (Å²) in [6.07, 6.45) is 3.13. The second kappa shape index (κ2) is 8.40. The third-order valence-corrected chi connectivity index (χ3v) is 4.83. The summed E-state index contributed by atoms with van der Waals surface area (Å²) in [6.45, 7) is 0. The zero-order valence-corrected chi connectivity index (χ0v) is 16.9. The van der Waals surface area contributed by atoms with Gasteiger partial charge in [-0.2, -0.15) is 0 Å². The fourth-order valence-electron chi connectivity index (χ4n) is 3.60. The van der Waals surface area contributed by atoms with Crippen molar-refractivity contribution in [1.29, 1.82) is 0 Å². The molecule has 25 heavy (non-hydrogen) atoms. The van der Waals surface area contributed by atoms with E-state index in [1.165, 1.54) is 0 Å². The molecule has 5 heteroatoms. The van der Waals surface area contributed by atoms with E-state index in [0.29, 0.717) is 12.8 Å². The number of fused-ring (bicyclic) bond motifs is 2. The van der Waals surface area contributed by atoms with E-state index in [0.717, 1.165) is 35.1 Å². The molecule has 0 saturated carbocycles. The van der Waals surface area contributed by atoms with Crippen LogP contribution in [0.4, 0.5) is 0 Å². The summed E-state index contributed by atoms with van der Waals surface area (Å²) in [6, 6.07) is 15.4. The Hall–Kier alpha value is -2.00. The zero-order valence-electron chi connectivity index (χ0n) is 13.9. The van der Waals surface area contributed by atoms with Crippen molar-refractivity contribution in [3.63, 3.8) is 0 Å². The SMILES string of the molecule is O=C([O-])C1CCc2ccccc21.O=C([O-])C1CCc2ccccc21.[Zn+2]. The molecule has 124 valence electrons. The second-order valence-corrected chi connectivity index (χ2v) is 6.22. The molecule has 4 nitrogen and oxygen atoms in total. The van der Waals surface area contributed by atoms with Gasteiger partial charge in [0.05, 0.1) is 0 Å². The van der Waals surface area contributed by atoms with Gasteiger partial charge in [0.25, 0.3) is 0 Å². The summed E-state index contributed by atoms with van der Waals surface area (Å²) >= 11 is 0. The topological polar surface area (TPSA) is 80.3 Å². The summed E-state index contributed by atoms with van der Waals surface area (Å²) in [7, 11) is 0. The number of carbonyl (C=O) groups is 2. The summed E-state index contributed by atoms with van der Waals surface area (Å²) in [5, 5.41) is 21.3. The molecule has 2 aliphatic rings. The minimum Gasteiger partial charge on any atom is -0.549 e. The van der Waals surface area contributed by atoms with Gasteiger partial charge in [-0.1, -0.05) is 48.5 Å². The second-order valence-electron chi connectivity index (χ2n) is 6.22. The Morgan fingerprint density at radius 1 is 0.720 bits per heavy atom. The quantitative estimate of drug-likeness (QED) is 0.718. The van der Waals surface area contributed by atoms with Crippen molar-refractivity contribution < 1.29 is 39.3 Å². The van der Waals surface area contributed by atoms with E-state index in [1.54, 1.807) is 0 Å². The zero-order chi connectivity index (χ0) is 17.1. The molecule has 0 N–H and O–H groups in total. The molecule has 2 atom stereocenters. The molecule has 0 spiro atoms. The number of carboxylic acid groups (broad SMARTS) is 2. The number of aryl methyl sites for hydroxylation is 2. The van der Waals surface area contributed by atoms with Gasteiger partial charge in [-0.15, -0.1) is 0 Å². The van der Waals surface area contributed by atoms with Crippen LogP contribution in [0.5, 0.6) is 0 Å². The molecule has 0 amide bonds. The van der Waals surface area contributed by atoms with Crippen LogP contribution in [0.25, 0.3) is 0 Å². The first kappa shape index (κ1) is 19.3. The Bertz CT molecular complexity index is 706. The Kier molecular flexibility index (Phi) is 6.49. The largest absolute Gasteiger partial charge is 2.00 e. The standard InChI is InChI=1S/2C10H10O2.Zn/c2*11-10(12)9-6-5-7-3-1-2-4-8(7)9;/h2*1-4,9H,5-6H2,(H,11,12);/q;;+2/p-2. The number of benzene rings is 2. The molecule has 0 aromatic heterocycles. The van der Waals surface area contributed by atoms with E-state index in [9.17, 15) is 19.8 Å². The first-order valence-corrected chi connectivity index (χ1v) is 8.15. The van der Waals surface area contributed by atoms with Gasteiger partial charge in [0.2, 0.25) is 0 Å². The van der Waals surface area contributed by atoms with Crippen LogP contribution in [0, 0.1) is 0 Å². The van der Waals surface area contributed by atoms with Gasteiger partial charge in [0, 0.05) is 23.8 Å². The van der Waals surface area contributed by atoms with Gasteiger partial charge >= 0.3 is 19.5 Å². The molecule has 0 bridgehead atoms. The molecule has 0 aliphatic heterocycles. The van der Waals surface area contributed by atoms with Crippen molar-refractivity contribution in [1.82, 2.24) is 0 Å². The van der Waals surface area contributed by atoms with Crippen molar-refractivity contribution in [2.75, 3.05) is 0 Å². The first-order valence-electron chi connectivity index (χ1n) is 8.15. The average Bonchev–Trinajstić information content (AvgIpc) is 3.19. The van der Waals surface area contributed by atoms with Crippen LogP contribution >= 0.6 is 0 Å². The number of hydrogen-bond acceptors (Lipinski definition) is 4. The minimum absolute atomic E-state index is 0. The van der Waals surface area contributed by atoms with Crippen molar-refractivity contribution in [3.8, 4) is 0 Å². The van der Waals surface area contributed by atoms with Crippen molar-refractivity contribution in [2.45, 2.75) is 37.5 Å². The number of hydrogen-bond donors (Lipinski definition) is 0. The van der Waals surface area contributed by atoms with Crippen molar-refractivity contribution >= 4 is 11.9 Å². The third-order valence-electron chi connectivity index (χ3n) is 4.83. The predicted octanol–water partition coefficient (Wildman–Crippen LogP) is 0.930. The van der Waals surface area contributed by atoms with Crippen LogP contribution in [0.3, 0.4) is 0 Å². The van der Waals surface area contributed by atoms with Crippen LogP contribution < -0.4 is 10.2 Å². The van der Waals surface area contributed by atoms with Crippen LogP contribution in [-0.4, -0.2) is 11.9 Å². The molecule has 2 aliphatic carbocycles. The number of aliphatic carboxylic acids is 2. The van der Waals surface area contributed by atoms with Crippen LogP contribution in [0.15, 0.2) is 48.5 Å². The smallest absolute Gasteiger partial charge is 0.549 e. The number of rotatable bonds is 2. The molecule has 0 radical (unpaired) electrons. The van der Waals surface area contributed by atoms with E-state index in [4.69, 9.17) is 0 Å². The Labute approximate surface area is 159 Å². The average molecular weight is 388 g/mol. The first-order chi connectivity index (χ1) is 11.6. The van der Waals surface area contributed by atoms with Gasteiger partial charge in [-0.05, 0) is 47.9 Å². The van der Waals surface area contributed by atoms with E-state index < -0.39 is 11.9 Å². The van der Waals surface area contributed by atoms with Gasteiger partial charge < -0.3 is 19.8 Å².